The van der Waals surface area contributed by atoms with Crippen molar-refractivity contribution in [3.05, 3.63) is 23.8 Å². The molecular formula is C10H12F3NOS. The summed E-state index contributed by atoms with van der Waals surface area (Å²) in [7, 11) is 0. The van der Waals surface area contributed by atoms with Crippen LogP contribution in [0.5, 0.6) is 5.75 Å². The van der Waals surface area contributed by atoms with Crippen molar-refractivity contribution in [1.82, 2.24) is 0 Å². The Morgan fingerprint density at radius 2 is 2.06 bits per heavy atom. The minimum atomic E-state index is -4.44. The number of benzene rings is 1. The van der Waals surface area contributed by atoms with E-state index in [1.165, 1.54) is 23.9 Å². The third-order valence-corrected chi connectivity index (χ3v) is 2.43. The zero-order valence-corrected chi connectivity index (χ0v) is 9.49. The van der Waals surface area contributed by atoms with E-state index in [9.17, 15) is 13.2 Å². The molecule has 90 valence electrons. The Bertz CT molecular complexity index is 354. The molecule has 16 heavy (non-hydrogen) atoms. The Morgan fingerprint density at radius 3 is 2.62 bits per heavy atom. The van der Waals surface area contributed by atoms with E-state index in [0.717, 1.165) is 6.07 Å². The Kier molecular flexibility index (Phi) is 4.35. The van der Waals surface area contributed by atoms with Gasteiger partial charge in [-0.15, -0.1) is 0 Å². The first-order valence-electron chi connectivity index (χ1n) is 4.53. The average Bonchev–Trinajstić information content (AvgIpc) is 2.19. The number of halogens is 3. The van der Waals surface area contributed by atoms with Gasteiger partial charge in [-0.05, 0) is 24.5 Å². The van der Waals surface area contributed by atoms with Gasteiger partial charge in [0.25, 0.3) is 0 Å². The van der Waals surface area contributed by atoms with E-state index in [0.29, 0.717) is 5.75 Å². The standard InChI is InChI=1S/C10H12F3NOS/c1-16-5-4-15-9-3-2-7(14)6-8(9)10(11,12)13/h2-3,6H,4-5,14H2,1H3. The lowest BCUT2D eigenvalue weighted by molar-refractivity contribution is -0.138. The summed E-state index contributed by atoms with van der Waals surface area (Å²) >= 11 is 1.51. The Balaban J connectivity index is 2.90. The summed E-state index contributed by atoms with van der Waals surface area (Å²) in [5, 5.41) is 0. The van der Waals surface area contributed by atoms with Crippen LogP contribution in [-0.2, 0) is 6.18 Å². The quantitative estimate of drug-likeness (QED) is 0.660. The van der Waals surface area contributed by atoms with Crippen LogP contribution in [-0.4, -0.2) is 18.6 Å². The number of nitrogens with two attached hydrogens (primary N) is 1. The van der Waals surface area contributed by atoms with E-state index < -0.39 is 11.7 Å². The lowest BCUT2D eigenvalue weighted by Gasteiger charge is -2.14. The number of anilines is 1. The molecular weight excluding hydrogens is 239 g/mol. The Morgan fingerprint density at radius 1 is 1.38 bits per heavy atom. The highest BCUT2D eigenvalue weighted by Crippen LogP contribution is 2.37. The van der Waals surface area contributed by atoms with Gasteiger partial charge in [-0.2, -0.15) is 24.9 Å². The van der Waals surface area contributed by atoms with Gasteiger partial charge in [0.2, 0.25) is 0 Å². The van der Waals surface area contributed by atoms with Gasteiger partial charge in [0.05, 0.1) is 12.2 Å². The van der Waals surface area contributed by atoms with E-state index in [2.05, 4.69) is 0 Å². The van der Waals surface area contributed by atoms with Gasteiger partial charge >= 0.3 is 6.18 Å². The second kappa shape index (κ2) is 5.34. The summed E-state index contributed by atoms with van der Waals surface area (Å²) in [4.78, 5) is 0. The van der Waals surface area contributed by atoms with E-state index in [4.69, 9.17) is 10.5 Å². The first-order valence-corrected chi connectivity index (χ1v) is 5.93. The predicted molar refractivity (Wildman–Crippen MR) is 59.7 cm³/mol. The first kappa shape index (κ1) is 13.0. The highest BCUT2D eigenvalue weighted by molar-refractivity contribution is 7.98. The van der Waals surface area contributed by atoms with Crippen molar-refractivity contribution in [2.75, 3.05) is 24.3 Å². The van der Waals surface area contributed by atoms with Crippen LogP contribution >= 0.6 is 11.8 Å². The molecule has 0 spiro atoms. The molecule has 2 nitrogen and oxygen atoms in total. The number of thioether (sulfide) groups is 1. The Hall–Kier alpha value is -1.04. The maximum Gasteiger partial charge on any atom is 0.420 e. The lowest BCUT2D eigenvalue weighted by atomic mass is 10.1. The van der Waals surface area contributed by atoms with Gasteiger partial charge in [0, 0.05) is 11.4 Å². The molecule has 1 aromatic carbocycles. The van der Waals surface area contributed by atoms with Crippen molar-refractivity contribution in [2.24, 2.45) is 0 Å². The van der Waals surface area contributed by atoms with E-state index in [1.54, 1.807) is 0 Å². The van der Waals surface area contributed by atoms with Crippen molar-refractivity contribution < 1.29 is 17.9 Å². The molecule has 1 rings (SSSR count). The van der Waals surface area contributed by atoms with Crippen LogP contribution < -0.4 is 10.5 Å². The van der Waals surface area contributed by atoms with Crippen LogP contribution in [0.2, 0.25) is 0 Å². The first-order chi connectivity index (χ1) is 7.45. The van der Waals surface area contributed by atoms with Gasteiger partial charge in [-0.3, -0.25) is 0 Å². The van der Waals surface area contributed by atoms with Crippen LogP contribution in [0.25, 0.3) is 0 Å². The topological polar surface area (TPSA) is 35.2 Å². The lowest BCUT2D eigenvalue weighted by Crippen LogP contribution is -2.10. The van der Waals surface area contributed by atoms with Gasteiger partial charge in [0.1, 0.15) is 5.75 Å². The fourth-order valence-electron chi connectivity index (χ4n) is 1.13. The third-order valence-electron chi connectivity index (χ3n) is 1.85. The molecule has 0 bridgehead atoms. The molecule has 0 atom stereocenters. The van der Waals surface area contributed by atoms with E-state index >= 15 is 0 Å². The van der Waals surface area contributed by atoms with Crippen LogP contribution in [0.3, 0.4) is 0 Å². The smallest absolute Gasteiger partial charge is 0.420 e. The van der Waals surface area contributed by atoms with E-state index in [1.807, 2.05) is 6.26 Å². The van der Waals surface area contributed by atoms with Crippen LogP contribution in [0.4, 0.5) is 18.9 Å². The van der Waals surface area contributed by atoms with E-state index in [-0.39, 0.29) is 18.0 Å². The van der Waals surface area contributed by atoms with Crippen molar-refractivity contribution >= 4 is 17.4 Å². The number of rotatable bonds is 4. The predicted octanol–water partition coefficient (Wildman–Crippen LogP) is 3.03. The largest absolute Gasteiger partial charge is 0.492 e. The van der Waals surface area contributed by atoms with Crippen molar-refractivity contribution in [2.45, 2.75) is 6.18 Å². The summed E-state index contributed by atoms with van der Waals surface area (Å²) in [5.74, 6) is 0.470. The summed E-state index contributed by atoms with van der Waals surface area (Å²) in [6.45, 7) is 0.244. The maximum absolute atomic E-state index is 12.6. The molecule has 0 saturated carbocycles. The van der Waals surface area contributed by atoms with Crippen molar-refractivity contribution in [1.29, 1.82) is 0 Å². The maximum atomic E-state index is 12.6. The van der Waals surface area contributed by atoms with Gasteiger partial charge < -0.3 is 10.5 Å². The zero-order valence-electron chi connectivity index (χ0n) is 8.67. The molecule has 1 aromatic rings. The second-order valence-electron chi connectivity index (χ2n) is 3.09. The summed E-state index contributed by atoms with van der Waals surface area (Å²) in [6.07, 6.45) is -2.58. The molecule has 0 heterocycles. The number of alkyl halides is 3. The molecule has 0 radical (unpaired) electrons. The molecule has 0 aliphatic heterocycles. The third kappa shape index (κ3) is 3.52. The van der Waals surface area contributed by atoms with Gasteiger partial charge in [-0.1, -0.05) is 0 Å². The summed E-state index contributed by atoms with van der Waals surface area (Å²) in [6, 6.07) is 3.52. The molecule has 0 aromatic heterocycles. The molecule has 0 aliphatic carbocycles. The number of hydrogen-bond acceptors (Lipinski definition) is 3. The highest BCUT2D eigenvalue weighted by Gasteiger charge is 2.34. The van der Waals surface area contributed by atoms with Gasteiger partial charge in [-0.25, -0.2) is 0 Å². The molecule has 0 saturated heterocycles. The Labute approximate surface area is 96.0 Å². The van der Waals surface area contributed by atoms with Crippen LogP contribution in [0, 0.1) is 0 Å². The average molecular weight is 251 g/mol. The highest BCUT2D eigenvalue weighted by atomic mass is 32.2. The monoisotopic (exact) mass is 251 g/mol. The summed E-state index contributed by atoms with van der Waals surface area (Å²) in [5.41, 5.74) is 4.57. The normalized spacial score (nSPS) is 11.5. The van der Waals surface area contributed by atoms with Crippen LogP contribution in [0.1, 0.15) is 5.56 Å². The molecule has 0 amide bonds. The number of hydrogen-bond donors (Lipinski definition) is 1. The van der Waals surface area contributed by atoms with Crippen molar-refractivity contribution in [3.8, 4) is 5.75 Å². The fraction of sp³-hybridized carbons (Fsp3) is 0.400. The molecule has 2 N–H and O–H groups in total. The molecule has 0 unspecified atom stereocenters. The van der Waals surface area contributed by atoms with Crippen molar-refractivity contribution in [3.63, 3.8) is 0 Å². The second-order valence-corrected chi connectivity index (χ2v) is 4.08. The zero-order chi connectivity index (χ0) is 12.2. The number of ether oxygens (including phenoxy) is 1. The fourth-order valence-corrected chi connectivity index (χ4v) is 1.38. The summed E-state index contributed by atoms with van der Waals surface area (Å²) < 4.78 is 42.9. The minimum Gasteiger partial charge on any atom is -0.492 e. The number of nitrogen functional groups attached to an aromatic ring is 1. The SMILES string of the molecule is CSCCOc1ccc(N)cc1C(F)(F)F. The molecule has 6 heteroatoms. The minimum absolute atomic E-state index is 0.0736. The van der Waals surface area contributed by atoms with Gasteiger partial charge in [0.15, 0.2) is 0 Å². The molecule has 0 aliphatic rings. The molecule has 0 fully saturated rings. The van der Waals surface area contributed by atoms with Crippen LogP contribution in [0.15, 0.2) is 18.2 Å².